The first-order valence-electron chi connectivity index (χ1n) is 7.27. The molecule has 5 heteroatoms. The fourth-order valence-corrected chi connectivity index (χ4v) is 2.83. The fourth-order valence-electron chi connectivity index (χ4n) is 2.83. The van der Waals surface area contributed by atoms with Crippen LogP contribution in [-0.4, -0.2) is 34.8 Å². The normalized spacial score (nSPS) is 16.1. The van der Waals surface area contributed by atoms with Gasteiger partial charge in [0, 0.05) is 43.3 Å². The van der Waals surface area contributed by atoms with E-state index in [0.29, 0.717) is 13.1 Å². The quantitative estimate of drug-likeness (QED) is 0.889. The van der Waals surface area contributed by atoms with Gasteiger partial charge in [-0.2, -0.15) is 0 Å². The van der Waals surface area contributed by atoms with Crippen molar-refractivity contribution in [2.45, 2.75) is 19.8 Å². The van der Waals surface area contributed by atoms with E-state index in [2.05, 4.69) is 10.3 Å². The van der Waals surface area contributed by atoms with Crippen LogP contribution in [0.1, 0.15) is 19.8 Å². The molecule has 2 aromatic rings. The van der Waals surface area contributed by atoms with Crippen molar-refractivity contribution in [3.05, 3.63) is 30.5 Å². The molecule has 2 amide bonds. The Morgan fingerprint density at radius 2 is 2.00 bits per heavy atom. The molecule has 1 saturated heterocycles. The Morgan fingerprint density at radius 1 is 1.24 bits per heavy atom. The molecule has 1 aliphatic rings. The molecule has 2 N–H and O–H groups in total. The minimum Gasteiger partial charge on any atom is -0.361 e. The zero-order valence-electron chi connectivity index (χ0n) is 12.1. The number of benzene rings is 1. The van der Waals surface area contributed by atoms with Crippen molar-refractivity contribution in [3.63, 3.8) is 0 Å². The molecule has 0 bridgehead atoms. The van der Waals surface area contributed by atoms with Crippen LogP contribution >= 0.6 is 0 Å². The molecule has 2 heterocycles. The molecule has 3 rings (SSSR count). The average Bonchev–Trinajstić information content (AvgIpc) is 2.95. The summed E-state index contributed by atoms with van der Waals surface area (Å²) in [5.41, 5.74) is 1.82. The van der Waals surface area contributed by atoms with Gasteiger partial charge in [-0.05, 0) is 36.4 Å². The van der Waals surface area contributed by atoms with E-state index < -0.39 is 0 Å². The van der Waals surface area contributed by atoms with Crippen molar-refractivity contribution >= 4 is 28.4 Å². The predicted octanol–water partition coefficient (Wildman–Crippen LogP) is 2.36. The highest BCUT2D eigenvalue weighted by molar-refractivity contribution is 5.95. The lowest BCUT2D eigenvalue weighted by Gasteiger charge is -2.30. The predicted molar refractivity (Wildman–Crippen MR) is 81.9 cm³/mol. The minimum absolute atomic E-state index is 0.0139. The summed E-state index contributed by atoms with van der Waals surface area (Å²) in [7, 11) is 0. The minimum atomic E-state index is -0.0139. The van der Waals surface area contributed by atoms with Crippen molar-refractivity contribution in [2.24, 2.45) is 5.92 Å². The molecule has 1 fully saturated rings. The SMILES string of the molecule is CC(=O)N1CCC(C(=O)Nc2ccc3cc[nH]c3c2)CC1. The van der Waals surface area contributed by atoms with Crippen molar-refractivity contribution in [1.29, 1.82) is 0 Å². The number of carbonyl (C=O) groups is 2. The summed E-state index contributed by atoms with van der Waals surface area (Å²) in [6, 6.07) is 7.84. The largest absolute Gasteiger partial charge is 0.361 e. The van der Waals surface area contributed by atoms with E-state index in [1.54, 1.807) is 11.8 Å². The third-order valence-corrected chi connectivity index (χ3v) is 4.13. The summed E-state index contributed by atoms with van der Waals surface area (Å²) in [6.07, 6.45) is 3.35. The lowest BCUT2D eigenvalue weighted by Crippen LogP contribution is -2.40. The van der Waals surface area contributed by atoms with E-state index in [9.17, 15) is 9.59 Å². The summed E-state index contributed by atoms with van der Waals surface area (Å²) < 4.78 is 0. The monoisotopic (exact) mass is 285 g/mol. The molecular formula is C16H19N3O2. The van der Waals surface area contributed by atoms with Crippen molar-refractivity contribution in [2.75, 3.05) is 18.4 Å². The summed E-state index contributed by atoms with van der Waals surface area (Å²) in [6.45, 7) is 2.91. The van der Waals surface area contributed by atoms with Crippen molar-refractivity contribution in [1.82, 2.24) is 9.88 Å². The maximum atomic E-state index is 12.3. The molecule has 0 radical (unpaired) electrons. The van der Waals surface area contributed by atoms with Crippen LogP contribution in [-0.2, 0) is 9.59 Å². The second-order valence-electron chi connectivity index (χ2n) is 5.55. The number of likely N-dealkylation sites (tertiary alicyclic amines) is 1. The molecule has 5 nitrogen and oxygen atoms in total. The number of anilines is 1. The van der Waals surface area contributed by atoms with Crippen LogP contribution in [0.5, 0.6) is 0 Å². The molecule has 1 aromatic carbocycles. The van der Waals surface area contributed by atoms with Gasteiger partial charge in [0.2, 0.25) is 11.8 Å². The van der Waals surface area contributed by atoms with Crippen LogP contribution in [0, 0.1) is 5.92 Å². The molecule has 0 unspecified atom stereocenters. The van der Waals surface area contributed by atoms with E-state index in [4.69, 9.17) is 0 Å². The number of aromatic amines is 1. The van der Waals surface area contributed by atoms with Gasteiger partial charge in [-0.3, -0.25) is 9.59 Å². The molecule has 1 aromatic heterocycles. The maximum Gasteiger partial charge on any atom is 0.227 e. The van der Waals surface area contributed by atoms with Gasteiger partial charge >= 0.3 is 0 Å². The summed E-state index contributed by atoms with van der Waals surface area (Å²) in [4.78, 5) is 28.5. The first kappa shape index (κ1) is 13.7. The number of aromatic nitrogens is 1. The number of nitrogens with zero attached hydrogens (tertiary/aromatic N) is 1. The van der Waals surface area contributed by atoms with Gasteiger partial charge < -0.3 is 15.2 Å². The van der Waals surface area contributed by atoms with Gasteiger partial charge in [-0.1, -0.05) is 6.07 Å². The molecular weight excluding hydrogens is 266 g/mol. The Balaban J connectivity index is 1.62. The van der Waals surface area contributed by atoms with Gasteiger partial charge in [-0.15, -0.1) is 0 Å². The number of hydrogen-bond donors (Lipinski definition) is 2. The highest BCUT2D eigenvalue weighted by Crippen LogP contribution is 2.21. The number of fused-ring (bicyclic) bond motifs is 1. The number of rotatable bonds is 2. The number of nitrogens with one attached hydrogen (secondary N) is 2. The standard InChI is InChI=1S/C16H19N3O2/c1-11(20)19-8-5-13(6-9-19)16(21)18-14-3-2-12-4-7-17-15(12)10-14/h2-4,7,10,13,17H,5-6,8-9H2,1H3,(H,18,21). The van der Waals surface area contributed by atoms with Crippen LogP contribution in [0.3, 0.4) is 0 Å². The average molecular weight is 285 g/mol. The van der Waals surface area contributed by atoms with E-state index in [1.807, 2.05) is 30.5 Å². The lowest BCUT2D eigenvalue weighted by atomic mass is 9.96. The van der Waals surface area contributed by atoms with Gasteiger partial charge in [0.25, 0.3) is 0 Å². The van der Waals surface area contributed by atoms with Gasteiger partial charge in [0.1, 0.15) is 0 Å². The first-order chi connectivity index (χ1) is 10.1. The fraction of sp³-hybridized carbons (Fsp3) is 0.375. The number of hydrogen-bond acceptors (Lipinski definition) is 2. The molecule has 0 saturated carbocycles. The number of amides is 2. The molecule has 0 atom stereocenters. The smallest absolute Gasteiger partial charge is 0.227 e. The second-order valence-corrected chi connectivity index (χ2v) is 5.55. The van der Waals surface area contributed by atoms with Gasteiger partial charge in [-0.25, -0.2) is 0 Å². The molecule has 0 aliphatic carbocycles. The summed E-state index contributed by atoms with van der Waals surface area (Å²) >= 11 is 0. The van der Waals surface area contributed by atoms with Crippen molar-refractivity contribution < 1.29 is 9.59 Å². The van der Waals surface area contributed by atoms with Crippen molar-refractivity contribution in [3.8, 4) is 0 Å². The Kier molecular flexibility index (Phi) is 3.64. The van der Waals surface area contributed by atoms with Crippen LogP contribution in [0.25, 0.3) is 10.9 Å². The molecule has 1 aliphatic heterocycles. The third-order valence-electron chi connectivity index (χ3n) is 4.13. The molecule has 0 spiro atoms. The number of carbonyl (C=O) groups excluding carboxylic acids is 2. The Bertz CT molecular complexity index is 669. The second kappa shape index (κ2) is 5.60. The van der Waals surface area contributed by atoms with Gasteiger partial charge in [0.15, 0.2) is 0 Å². The third kappa shape index (κ3) is 2.91. The number of piperidine rings is 1. The zero-order valence-corrected chi connectivity index (χ0v) is 12.1. The van der Waals surface area contributed by atoms with E-state index in [-0.39, 0.29) is 17.7 Å². The highest BCUT2D eigenvalue weighted by Gasteiger charge is 2.25. The Labute approximate surface area is 123 Å². The number of H-pyrrole nitrogens is 1. The Morgan fingerprint density at radius 3 is 2.71 bits per heavy atom. The Hall–Kier alpha value is -2.30. The van der Waals surface area contributed by atoms with Crippen LogP contribution in [0.2, 0.25) is 0 Å². The van der Waals surface area contributed by atoms with Crippen LogP contribution in [0.4, 0.5) is 5.69 Å². The zero-order chi connectivity index (χ0) is 14.8. The summed E-state index contributed by atoms with van der Waals surface area (Å²) in [5.74, 6) is 0.120. The van der Waals surface area contributed by atoms with Crippen LogP contribution in [0.15, 0.2) is 30.5 Å². The van der Waals surface area contributed by atoms with E-state index >= 15 is 0 Å². The van der Waals surface area contributed by atoms with Crippen LogP contribution < -0.4 is 5.32 Å². The summed E-state index contributed by atoms with van der Waals surface area (Å²) in [5, 5.41) is 4.10. The topological polar surface area (TPSA) is 65.2 Å². The van der Waals surface area contributed by atoms with Gasteiger partial charge in [0.05, 0.1) is 0 Å². The van der Waals surface area contributed by atoms with E-state index in [0.717, 1.165) is 29.4 Å². The maximum absolute atomic E-state index is 12.3. The van der Waals surface area contributed by atoms with E-state index in [1.165, 1.54) is 0 Å². The first-order valence-corrected chi connectivity index (χ1v) is 7.27. The highest BCUT2D eigenvalue weighted by atomic mass is 16.2. The molecule has 21 heavy (non-hydrogen) atoms. The lowest BCUT2D eigenvalue weighted by molar-refractivity contribution is -0.132. The molecule has 110 valence electrons.